The van der Waals surface area contributed by atoms with Crippen molar-refractivity contribution in [2.45, 2.75) is 228 Å². The van der Waals surface area contributed by atoms with Gasteiger partial charge in [-0.3, -0.25) is 81.5 Å². The number of amides is 16. The zero-order chi connectivity index (χ0) is 97.7. The summed E-state index contributed by atoms with van der Waals surface area (Å²) in [6.07, 6.45) is 3.37. The Morgan fingerprint density at radius 2 is 1.09 bits per heavy atom. The molecule has 0 unspecified atom stereocenters. The van der Waals surface area contributed by atoms with E-state index in [9.17, 15) is 58.2 Å². The van der Waals surface area contributed by atoms with Gasteiger partial charge in [0.05, 0.1) is 31.4 Å². The largest absolute Gasteiger partial charge is 0.508 e. The van der Waals surface area contributed by atoms with E-state index in [1.54, 1.807) is 80.8 Å². The number of nitrogens with zero attached hydrogens (tertiary/aromatic N) is 5. The summed E-state index contributed by atoms with van der Waals surface area (Å²) in [5.74, 6) is -18.1. The van der Waals surface area contributed by atoms with Gasteiger partial charge in [0.15, 0.2) is 5.78 Å². The molecule has 0 aliphatic carbocycles. The third kappa shape index (κ3) is 28.4. The van der Waals surface area contributed by atoms with E-state index in [1.807, 2.05) is 38.1 Å². The SMILES string of the molecule is CCCC[C@H]1C(=O)N(C)[C@@H](CCCC)C(=O)N[C@@H](CCCN)C(=O)N[C@H](C(=O)NCC(N)=O)CSCC(=O)N[C@@H](Cc2ccc(O)cc2)C(=O)N(C)[C@@H](C)C(=O)N[C@@H](CC(N)=O)C(=O)N2CCC[C@H]2C(=O)N[C@@H](CN)C(=O)N[C@@H](CC(C)C)C(=O)N2C[C@H](c3ccccc3)C[C@H]2C(=O)C[C@@H](Cc2c[nH]c3ccccc23)C(=O)N[C@@H](CO)C(=O)N[C@@H](Cc2c[nH]c3ccccc23)C(=O)N1C. The summed E-state index contributed by atoms with van der Waals surface area (Å²) >= 11 is 0.787. The van der Waals surface area contributed by atoms with Gasteiger partial charge in [0, 0.05) is 112 Å². The van der Waals surface area contributed by atoms with Crippen molar-refractivity contribution in [1.82, 2.24) is 82.3 Å². The minimum absolute atomic E-state index is 0.00749. The second-order valence-electron chi connectivity index (χ2n) is 35.1. The molecule has 134 heavy (non-hydrogen) atoms. The lowest BCUT2D eigenvalue weighted by Crippen LogP contribution is -2.61. The molecule has 0 saturated carbocycles. The summed E-state index contributed by atoms with van der Waals surface area (Å²) in [6, 6.07) is 9.70. The normalized spacial score (nSPS) is 25.0. The molecule has 4 aromatic carbocycles. The monoisotopic (exact) mass is 1870 g/mol. The fourth-order valence-electron chi connectivity index (χ4n) is 17.3. The molecule has 16 amide bonds. The predicted octanol–water partition coefficient (Wildman–Crippen LogP) is 0.0532. The summed E-state index contributed by atoms with van der Waals surface area (Å²) < 4.78 is 0. The van der Waals surface area contributed by atoms with Crippen molar-refractivity contribution in [3.63, 3.8) is 0 Å². The number of para-hydroxylation sites is 2. The minimum Gasteiger partial charge on any atom is -0.508 e. The molecule has 0 radical (unpaired) electrons. The van der Waals surface area contributed by atoms with E-state index in [-0.39, 0.29) is 102 Å². The van der Waals surface area contributed by atoms with E-state index < -0.39 is 235 Å². The third-order valence-electron chi connectivity index (χ3n) is 24.9. The number of hydrogen-bond donors (Lipinski definition) is 17. The van der Waals surface area contributed by atoms with Crippen molar-refractivity contribution in [3.8, 4) is 5.75 Å². The smallest absolute Gasteiger partial charge is 0.246 e. The number of fused-ring (bicyclic) bond motifs is 4. The number of likely N-dealkylation sites (N-methyl/N-ethyl adjacent to an activating group) is 3. The quantitative estimate of drug-likeness (QED) is 0.0360. The van der Waals surface area contributed by atoms with Gasteiger partial charge in [0.25, 0.3) is 0 Å². The van der Waals surface area contributed by atoms with Gasteiger partial charge in [-0.15, -0.1) is 11.8 Å². The van der Waals surface area contributed by atoms with Crippen LogP contribution in [0.3, 0.4) is 0 Å². The lowest BCUT2D eigenvalue weighted by Gasteiger charge is -2.36. The van der Waals surface area contributed by atoms with E-state index in [0.717, 1.165) is 27.1 Å². The van der Waals surface area contributed by atoms with E-state index >= 15 is 33.6 Å². The van der Waals surface area contributed by atoms with Crippen LogP contribution in [0.2, 0.25) is 0 Å². The zero-order valence-electron chi connectivity index (χ0n) is 77.2. The number of ketones is 1. The first-order chi connectivity index (χ1) is 64.0. The molecule has 0 bridgehead atoms. The summed E-state index contributed by atoms with van der Waals surface area (Å²) in [4.78, 5) is 263. The number of unbranched alkanes of at least 4 members (excludes halogenated alkanes) is 2. The number of hydrogen-bond acceptors (Lipinski definition) is 22. The highest BCUT2D eigenvalue weighted by atomic mass is 32.2. The van der Waals surface area contributed by atoms with E-state index in [1.165, 1.54) is 67.0 Å². The first kappa shape index (κ1) is 105. The molecule has 0 spiro atoms. The molecule has 2 aromatic heterocycles. The summed E-state index contributed by atoms with van der Waals surface area (Å²) in [6.45, 7) is 6.18. The van der Waals surface area contributed by atoms with Crippen molar-refractivity contribution in [1.29, 1.82) is 0 Å². The van der Waals surface area contributed by atoms with Gasteiger partial charge < -0.3 is 115 Å². The van der Waals surface area contributed by atoms with Crippen molar-refractivity contribution in [2.75, 3.05) is 72.0 Å². The number of primary amides is 2. The summed E-state index contributed by atoms with van der Waals surface area (Å²) in [7, 11) is 3.98. The Balaban J connectivity index is 1.10. The number of aromatic nitrogens is 2. The molecule has 40 heteroatoms. The van der Waals surface area contributed by atoms with Crippen molar-refractivity contribution in [3.05, 3.63) is 138 Å². The van der Waals surface area contributed by atoms with Gasteiger partial charge in [-0.25, -0.2) is 0 Å². The van der Waals surface area contributed by atoms with Crippen LogP contribution in [0.15, 0.2) is 116 Å². The van der Waals surface area contributed by atoms with Crippen molar-refractivity contribution >= 4 is 134 Å². The number of Topliss-reactive ketones (excluding diaryl/α,β-unsaturated/α-hetero) is 1. The Hall–Kier alpha value is -12.8. The van der Waals surface area contributed by atoms with Crippen LogP contribution in [-0.2, 0) is 101 Å². The maximum Gasteiger partial charge on any atom is 0.246 e. The van der Waals surface area contributed by atoms with Crippen molar-refractivity contribution in [2.24, 2.45) is 34.8 Å². The Morgan fingerprint density at radius 3 is 1.70 bits per heavy atom. The van der Waals surface area contributed by atoms with Crippen LogP contribution in [0, 0.1) is 11.8 Å². The van der Waals surface area contributed by atoms with Crippen LogP contribution in [0.5, 0.6) is 5.75 Å². The second-order valence-corrected chi connectivity index (χ2v) is 36.2. The van der Waals surface area contributed by atoms with Crippen molar-refractivity contribution < 1.29 is 91.7 Å². The van der Waals surface area contributed by atoms with Crippen LogP contribution < -0.4 is 70.8 Å². The van der Waals surface area contributed by atoms with E-state index in [4.69, 9.17) is 22.9 Å². The molecule has 5 heterocycles. The lowest BCUT2D eigenvalue weighted by atomic mass is 9.88. The molecule has 3 aliphatic heterocycles. The number of nitrogens with one attached hydrogen (secondary N) is 11. The zero-order valence-corrected chi connectivity index (χ0v) is 78.0. The number of aromatic hydroxyl groups is 1. The Bertz CT molecular complexity index is 5150. The molecule has 3 fully saturated rings. The number of thioether (sulfide) groups is 1. The molecular weight excluding hydrogens is 1750 g/mol. The van der Waals surface area contributed by atoms with Crippen LogP contribution >= 0.6 is 11.8 Å². The average Bonchev–Trinajstić information content (AvgIpc) is 1.56. The number of rotatable bonds is 25. The number of carbonyl (C=O) groups is 17. The van der Waals surface area contributed by atoms with Gasteiger partial charge in [-0.2, -0.15) is 0 Å². The standard InChI is InChI=1S/C94H130N20O19S/c1-9-11-29-74-88(127)103-66(28-20-36-95)85(124)109-73(84(123)101-48-80(98)119)51-134-52-81(120)102-68(39-55-32-34-61(116)35-33-55)90(129)110(6)54(5)82(121)104-70(44-79(97)118)92(131)113-37-21-31-75(113)89(128)107-71(45-96)86(125)105-67(38-53(3)4)93(132)114-49-60(56-22-14-13-15-23-56)42-77(114)78(117)43-57(40-58-46-99-64-26-18-16-24-62(58)64)83(122)108-72(50-115)87(126)106-69(41-59-47-100-65-27-19-17-25-63(59)65)91(130)112(8)76(30-12-10-2)94(133)111(74)7/h13-19,22-27,32-35,46-47,53-54,57,60,66-77,99-100,115-116H,9-12,20-21,28-31,36-45,48-52,95-96H2,1-8H3,(H2,97,118)(H2,98,119)(H,101,123)(H,102,120)(H,103,127)(H,104,121)(H,105,125)(H,106,126)(H,107,128)(H,108,122)(H,109,124)/t54-,57+,60+,66-,67-,68-,69-,70-,71-,72-,73-,74-,75-,76-,77-/m0/s1. The highest BCUT2D eigenvalue weighted by molar-refractivity contribution is 8.00. The number of phenols is 1. The number of phenolic OH excluding ortho intramolecular Hbond substituents is 1. The van der Waals surface area contributed by atoms with Gasteiger partial charge in [0.1, 0.15) is 78.3 Å². The number of aliphatic hydroxyl groups excluding tert-OH is 1. The molecule has 39 nitrogen and oxygen atoms in total. The van der Waals surface area contributed by atoms with Gasteiger partial charge in [-0.1, -0.05) is 132 Å². The molecule has 726 valence electrons. The fourth-order valence-corrected chi connectivity index (χ4v) is 18.1. The van der Waals surface area contributed by atoms with E-state index in [0.29, 0.717) is 64.2 Å². The molecule has 6 aromatic rings. The third-order valence-corrected chi connectivity index (χ3v) is 25.9. The van der Waals surface area contributed by atoms with Crippen LogP contribution in [-0.4, -0.2) is 296 Å². The fraction of sp³-hybridized carbons (Fsp3) is 0.521. The topological polar surface area (TPSA) is 591 Å². The molecule has 21 N–H and O–H groups in total. The van der Waals surface area contributed by atoms with Gasteiger partial charge >= 0.3 is 0 Å². The Morgan fingerprint density at radius 1 is 0.537 bits per heavy atom. The number of H-pyrrole nitrogens is 2. The number of nitrogens with two attached hydrogens (primary N) is 4. The lowest BCUT2D eigenvalue weighted by molar-refractivity contribution is -0.149. The highest BCUT2D eigenvalue weighted by Crippen LogP contribution is 2.36. The van der Waals surface area contributed by atoms with Gasteiger partial charge in [-0.05, 0) is 124 Å². The molecular formula is C94H130N20O19S. The number of carbonyl (C=O) groups excluding carboxylic acids is 17. The molecule has 3 aliphatic rings. The first-order valence-electron chi connectivity index (χ1n) is 45.7. The second kappa shape index (κ2) is 50.3. The van der Waals surface area contributed by atoms with Gasteiger partial charge in [0.2, 0.25) is 94.5 Å². The Kier molecular flexibility index (Phi) is 39.4. The maximum absolute atomic E-state index is 15.8. The average molecular weight is 1880 g/mol. The van der Waals surface area contributed by atoms with Crippen LogP contribution in [0.1, 0.15) is 153 Å². The van der Waals surface area contributed by atoms with E-state index in [2.05, 4.69) is 57.8 Å². The summed E-state index contributed by atoms with van der Waals surface area (Å²) in [5, 5.41) is 46.8. The molecule has 15 atom stereocenters. The Labute approximate surface area is 782 Å². The van der Waals surface area contributed by atoms with Crippen LogP contribution in [0.25, 0.3) is 21.8 Å². The number of benzene rings is 4. The molecule has 3 saturated heterocycles. The molecule has 9 rings (SSSR count). The number of aromatic amines is 2. The maximum atomic E-state index is 15.8. The minimum atomic E-state index is -1.82. The highest BCUT2D eigenvalue weighted by Gasteiger charge is 2.47. The first-order valence-corrected chi connectivity index (χ1v) is 46.9. The number of aliphatic hydroxyl groups is 1. The van der Waals surface area contributed by atoms with Crippen LogP contribution in [0.4, 0.5) is 0 Å². The summed E-state index contributed by atoms with van der Waals surface area (Å²) in [5.41, 5.74) is 27.1. The predicted molar refractivity (Wildman–Crippen MR) is 500 cm³/mol.